The lowest BCUT2D eigenvalue weighted by Gasteiger charge is -2.25. The Kier molecular flexibility index (Phi) is 3.11. The summed E-state index contributed by atoms with van der Waals surface area (Å²) in [4.78, 5) is 1.31. The predicted octanol–water partition coefficient (Wildman–Crippen LogP) is 2.20. The van der Waals surface area contributed by atoms with Crippen molar-refractivity contribution in [3.05, 3.63) is 29.8 Å². The van der Waals surface area contributed by atoms with Crippen LogP contribution in [-0.2, 0) is 4.74 Å². The van der Waals surface area contributed by atoms with Gasteiger partial charge in [0.15, 0.2) is 0 Å². The first kappa shape index (κ1) is 10.0. The van der Waals surface area contributed by atoms with Gasteiger partial charge in [-0.25, -0.2) is 0 Å². The molecular formula is C11H15NOS. The van der Waals surface area contributed by atoms with E-state index in [1.54, 1.807) is 0 Å². The minimum absolute atomic E-state index is 0.126. The van der Waals surface area contributed by atoms with E-state index in [-0.39, 0.29) is 6.04 Å². The van der Waals surface area contributed by atoms with Crippen LogP contribution in [0.25, 0.3) is 0 Å². The van der Waals surface area contributed by atoms with Crippen LogP contribution in [0.5, 0.6) is 0 Å². The molecule has 1 atom stereocenters. The molecule has 76 valence electrons. The molecule has 0 radical (unpaired) electrons. The van der Waals surface area contributed by atoms with Gasteiger partial charge in [-0.2, -0.15) is 0 Å². The van der Waals surface area contributed by atoms with E-state index in [0.717, 1.165) is 13.2 Å². The van der Waals surface area contributed by atoms with Crippen molar-refractivity contribution in [2.75, 3.05) is 13.2 Å². The highest BCUT2D eigenvalue weighted by Gasteiger charge is 2.19. The number of hydrogen-bond acceptors (Lipinski definition) is 3. The molecular weight excluding hydrogens is 194 g/mol. The van der Waals surface area contributed by atoms with Crippen molar-refractivity contribution >= 4 is 11.8 Å². The van der Waals surface area contributed by atoms with Crippen molar-refractivity contribution in [2.24, 2.45) is 5.73 Å². The van der Waals surface area contributed by atoms with Crippen molar-refractivity contribution in [3.63, 3.8) is 0 Å². The minimum Gasteiger partial charge on any atom is -0.379 e. The molecule has 1 aliphatic rings. The van der Waals surface area contributed by atoms with E-state index >= 15 is 0 Å². The van der Waals surface area contributed by atoms with E-state index in [1.165, 1.54) is 10.5 Å². The summed E-state index contributed by atoms with van der Waals surface area (Å²) in [5.74, 6) is 0. The van der Waals surface area contributed by atoms with Crippen LogP contribution in [0, 0.1) is 0 Å². The Balaban J connectivity index is 1.98. The zero-order valence-corrected chi connectivity index (χ0v) is 9.09. The maximum Gasteiger partial charge on any atom is 0.0611 e. The number of benzene rings is 1. The van der Waals surface area contributed by atoms with Gasteiger partial charge >= 0.3 is 0 Å². The number of rotatable bonds is 3. The van der Waals surface area contributed by atoms with E-state index in [0.29, 0.717) is 5.25 Å². The molecule has 0 amide bonds. The van der Waals surface area contributed by atoms with Gasteiger partial charge in [0, 0.05) is 10.9 Å². The second-order valence-corrected chi connectivity index (χ2v) is 5.01. The molecule has 3 heteroatoms. The van der Waals surface area contributed by atoms with Crippen molar-refractivity contribution in [1.29, 1.82) is 0 Å². The maximum absolute atomic E-state index is 5.78. The summed E-state index contributed by atoms with van der Waals surface area (Å²) in [5, 5.41) is 0.649. The van der Waals surface area contributed by atoms with Gasteiger partial charge in [-0.1, -0.05) is 12.1 Å². The molecule has 0 aliphatic carbocycles. The van der Waals surface area contributed by atoms with Crippen molar-refractivity contribution in [3.8, 4) is 0 Å². The Hall–Kier alpha value is -0.510. The standard InChI is InChI=1S/C11H15NOS/c1-8(12)9-2-4-10(5-3-9)14-11-6-13-7-11/h2-5,8,11H,6-7,12H2,1H3. The third-order valence-electron chi connectivity index (χ3n) is 2.32. The second-order valence-electron chi connectivity index (χ2n) is 3.64. The zero-order chi connectivity index (χ0) is 9.97. The van der Waals surface area contributed by atoms with Crippen LogP contribution in [0.2, 0.25) is 0 Å². The molecule has 1 aliphatic heterocycles. The second kappa shape index (κ2) is 4.34. The number of nitrogens with two attached hydrogens (primary N) is 1. The highest BCUT2D eigenvalue weighted by Crippen LogP contribution is 2.28. The Morgan fingerprint density at radius 2 is 2.00 bits per heavy atom. The van der Waals surface area contributed by atoms with E-state index in [1.807, 2.05) is 18.7 Å². The number of ether oxygens (including phenoxy) is 1. The predicted molar refractivity (Wildman–Crippen MR) is 59.5 cm³/mol. The van der Waals surface area contributed by atoms with E-state index in [2.05, 4.69) is 24.3 Å². The first-order valence-corrected chi connectivity index (χ1v) is 5.73. The first-order chi connectivity index (χ1) is 6.75. The SMILES string of the molecule is CC(N)c1ccc(SC2COC2)cc1. The van der Waals surface area contributed by atoms with Gasteiger partial charge in [0.1, 0.15) is 0 Å². The van der Waals surface area contributed by atoms with E-state index < -0.39 is 0 Å². The van der Waals surface area contributed by atoms with Gasteiger partial charge in [-0.3, -0.25) is 0 Å². The van der Waals surface area contributed by atoms with E-state index in [4.69, 9.17) is 10.5 Å². The third kappa shape index (κ3) is 2.29. The minimum atomic E-state index is 0.126. The van der Waals surface area contributed by atoms with Crippen LogP contribution in [0.4, 0.5) is 0 Å². The molecule has 0 saturated carbocycles. The van der Waals surface area contributed by atoms with Crippen LogP contribution >= 0.6 is 11.8 Å². The topological polar surface area (TPSA) is 35.2 Å². The normalized spacial score (nSPS) is 19.0. The summed E-state index contributed by atoms with van der Waals surface area (Å²) >= 11 is 1.88. The quantitative estimate of drug-likeness (QED) is 0.829. The number of thioether (sulfide) groups is 1. The highest BCUT2D eigenvalue weighted by molar-refractivity contribution is 8.00. The first-order valence-electron chi connectivity index (χ1n) is 4.85. The molecule has 2 N–H and O–H groups in total. The molecule has 0 bridgehead atoms. The smallest absolute Gasteiger partial charge is 0.0611 e. The molecule has 1 fully saturated rings. The summed E-state index contributed by atoms with van der Waals surface area (Å²) < 4.78 is 5.13. The molecule has 14 heavy (non-hydrogen) atoms. The fraction of sp³-hybridized carbons (Fsp3) is 0.455. The molecule has 0 spiro atoms. The van der Waals surface area contributed by atoms with Crippen LogP contribution in [0.15, 0.2) is 29.2 Å². The average Bonchev–Trinajstić information content (AvgIpc) is 2.12. The lowest BCUT2D eigenvalue weighted by molar-refractivity contribution is 0.0455. The summed E-state index contributed by atoms with van der Waals surface area (Å²) in [6, 6.07) is 8.61. The van der Waals surface area contributed by atoms with Crippen LogP contribution in [0.1, 0.15) is 18.5 Å². The fourth-order valence-corrected chi connectivity index (χ4v) is 2.33. The third-order valence-corrected chi connectivity index (χ3v) is 3.47. The largest absolute Gasteiger partial charge is 0.379 e. The molecule has 1 unspecified atom stereocenters. The van der Waals surface area contributed by atoms with Gasteiger partial charge in [-0.05, 0) is 24.6 Å². The van der Waals surface area contributed by atoms with Crippen molar-refractivity contribution in [1.82, 2.24) is 0 Å². The van der Waals surface area contributed by atoms with Gasteiger partial charge in [-0.15, -0.1) is 11.8 Å². The molecule has 1 aromatic rings. The molecule has 1 aromatic carbocycles. The Labute approximate surface area is 88.8 Å². The molecule has 1 saturated heterocycles. The summed E-state index contributed by atoms with van der Waals surface area (Å²) in [7, 11) is 0. The average molecular weight is 209 g/mol. The lowest BCUT2D eigenvalue weighted by atomic mass is 10.1. The molecule has 2 nitrogen and oxygen atoms in total. The van der Waals surface area contributed by atoms with Crippen LogP contribution in [0.3, 0.4) is 0 Å². The van der Waals surface area contributed by atoms with Gasteiger partial charge in [0.25, 0.3) is 0 Å². The fourth-order valence-electron chi connectivity index (χ4n) is 1.32. The Morgan fingerprint density at radius 1 is 1.36 bits per heavy atom. The lowest BCUT2D eigenvalue weighted by Crippen LogP contribution is -2.29. The van der Waals surface area contributed by atoms with Crippen molar-refractivity contribution < 1.29 is 4.74 Å². The van der Waals surface area contributed by atoms with Gasteiger partial charge in [0.05, 0.1) is 18.5 Å². The van der Waals surface area contributed by atoms with Crippen LogP contribution in [-0.4, -0.2) is 18.5 Å². The maximum atomic E-state index is 5.78. The molecule has 0 aromatic heterocycles. The van der Waals surface area contributed by atoms with Crippen molar-refractivity contribution in [2.45, 2.75) is 23.1 Å². The summed E-state index contributed by atoms with van der Waals surface area (Å²) in [6.07, 6.45) is 0. The van der Waals surface area contributed by atoms with E-state index in [9.17, 15) is 0 Å². The summed E-state index contributed by atoms with van der Waals surface area (Å²) in [5.41, 5.74) is 6.97. The Morgan fingerprint density at radius 3 is 2.43 bits per heavy atom. The Bertz CT molecular complexity index is 293. The number of hydrogen-bond donors (Lipinski definition) is 1. The van der Waals surface area contributed by atoms with Gasteiger partial charge < -0.3 is 10.5 Å². The highest BCUT2D eigenvalue weighted by atomic mass is 32.2. The van der Waals surface area contributed by atoms with Gasteiger partial charge in [0.2, 0.25) is 0 Å². The molecule has 1 heterocycles. The zero-order valence-electron chi connectivity index (χ0n) is 8.27. The summed E-state index contributed by atoms with van der Waals surface area (Å²) in [6.45, 7) is 3.78. The molecule has 2 rings (SSSR count). The van der Waals surface area contributed by atoms with Crippen LogP contribution < -0.4 is 5.73 Å². The monoisotopic (exact) mass is 209 g/mol.